The lowest BCUT2D eigenvalue weighted by Crippen LogP contribution is -2.45. The molecule has 1 saturated heterocycles. The number of rotatable bonds is 4. The molecule has 1 atom stereocenters. The molecule has 100 valence electrons. The van der Waals surface area contributed by atoms with E-state index in [9.17, 15) is 0 Å². The van der Waals surface area contributed by atoms with Gasteiger partial charge in [-0.15, -0.1) is 0 Å². The maximum absolute atomic E-state index is 6.14. The second-order valence-electron chi connectivity index (χ2n) is 4.49. The van der Waals surface area contributed by atoms with Crippen LogP contribution in [0.1, 0.15) is 18.9 Å². The summed E-state index contributed by atoms with van der Waals surface area (Å²) in [5.41, 5.74) is 1.09. The molecule has 18 heavy (non-hydrogen) atoms. The van der Waals surface area contributed by atoms with Gasteiger partial charge in [-0.05, 0) is 25.1 Å². The minimum absolute atomic E-state index is 0.412. The topological polar surface area (TPSA) is 37.4 Å². The van der Waals surface area contributed by atoms with Gasteiger partial charge in [-0.25, -0.2) is 4.98 Å². The first-order valence-electron chi connectivity index (χ1n) is 6.39. The molecule has 1 N–H and O–H groups in total. The smallest absolute Gasteiger partial charge is 0.129 e. The third-order valence-corrected chi connectivity index (χ3v) is 3.62. The van der Waals surface area contributed by atoms with Gasteiger partial charge in [0.2, 0.25) is 0 Å². The molecule has 2 heterocycles. The zero-order valence-corrected chi connectivity index (χ0v) is 11.7. The van der Waals surface area contributed by atoms with E-state index in [-0.39, 0.29) is 0 Å². The molecular weight excluding hydrogens is 250 g/mol. The van der Waals surface area contributed by atoms with Gasteiger partial charge in [-0.2, -0.15) is 0 Å². The first-order valence-corrected chi connectivity index (χ1v) is 6.77. The molecule has 0 aliphatic carbocycles. The summed E-state index contributed by atoms with van der Waals surface area (Å²) < 4.78 is 5.52. The number of hydrogen-bond acceptors (Lipinski definition) is 4. The molecule has 1 unspecified atom stereocenters. The number of anilines is 1. The molecule has 0 aromatic carbocycles. The fourth-order valence-corrected chi connectivity index (χ4v) is 2.42. The van der Waals surface area contributed by atoms with Crippen LogP contribution in [-0.2, 0) is 11.3 Å². The molecule has 2 rings (SSSR count). The van der Waals surface area contributed by atoms with Crippen molar-refractivity contribution in [3.63, 3.8) is 0 Å². The van der Waals surface area contributed by atoms with Crippen molar-refractivity contribution in [2.45, 2.75) is 25.9 Å². The van der Waals surface area contributed by atoms with Gasteiger partial charge < -0.3 is 15.0 Å². The van der Waals surface area contributed by atoms with E-state index in [0.29, 0.717) is 6.04 Å². The van der Waals surface area contributed by atoms with Crippen LogP contribution in [0.4, 0.5) is 5.82 Å². The maximum Gasteiger partial charge on any atom is 0.129 e. The number of pyridine rings is 1. The summed E-state index contributed by atoms with van der Waals surface area (Å²) in [4.78, 5) is 6.77. The fourth-order valence-electron chi connectivity index (χ4n) is 2.25. The van der Waals surface area contributed by atoms with Gasteiger partial charge in [0, 0.05) is 19.3 Å². The SMILES string of the molecule is CCC1COCCN1c1cc(CNC)c(Cl)cn1. The Morgan fingerprint density at radius 2 is 2.44 bits per heavy atom. The van der Waals surface area contributed by atoms with E-state index in [1.165, 1.54) is 0 Å². The molecule has 1 aromatic heterocycles. The van der Waals surface area contributed by atoms with Crippen LogP contribution < -0.4 is 10.2 Å². The average Bonchev–Trinajstić information content (AvgIpc) is 2.41. The summed E-state index contributed by atoms with van der Waals surface area (Å²) in [6.07, 6.45) is 2.80. The average molecular weight is 270 g/mol. The summed E-state index contributed by atoms with van der Waals surface area (Å²) in [6.45, 7) is 5.38. The van der Waals surface area contributed by atoms with Crippen LogP contribution in [0.15, 0.2) is 12.3 Å². The highest BCUT2D eigenvalue weighted by Crippen LogP contribution is 2.24. The van der Waals surface area contributed by atoms with Crippen molar-refractivity contribution in [3.05, 3.63) is 22.8 Å². The molecule has 5 heteroatoms. The van der Waals surface area contributed by atoms with Crippen molar-refractivity contribution in [1.29, 1.82) is 0 Å². The molecule has 1 aliphatic rings. The lowest BCUT2D eigenvalue weighted by molar-refractivity contribution is 0.0925. The molecule has 4 nitrogen and oxygen atoms in total. The Balaban J connectivity index is 2.23. The van der Waals surface area contributed by atoms with E-state index < -0.39 is 0 Å². The Labute approximate surface area is 113 Å². The van der Waals surface area contributed by atoms with E-state index >= 15 is 0 Å². The van der Waals surface area contributed by atoms with Crippen LogP contribution in [0.2, 0.25) is 5.02 Å². The molecule has 0 radical (unpaired) electrons. The van der Waals surface area contributed by atoms with Gasteiger partial charge >= 0.3 is 0 Å². The quantitative estimate of drug-likeness (QED) is 0.908. The third-order valence-electron chi connectivity index (χ3n) is 3.28. The van der Waals surface area contributed by atoms with E-state index in [2.05, 4.69) is 28.2 Å². The first-order chi connectivity index (χ1) is 8.76. The van der Waals surface area contributed by atoms with Gasteiger partial charge in [0.15, 0.2) is 0 Å². The summed E-state index contributed by atoms with van der Waals surface area (Å²) in [6, 6.07) is 2.49. The maximum atomic E-state index is 6.14. The molecule has 0 spiro atoms. The molecular formula is C13H20ClN3O. The Morgan fingerprint density at radius 3 is 3.17 bits per heavy atom. The minimum Gasteiger partial charge on any atom is -0.377 e. The Bertz CT molecular complexity index is 400. The van der Waals surface area contributed by atoms with Gasteiger partial charge in [0.05, 0.1) is 24.3 Å². The lowest BCUT2D eigenvalue weighted by Gasteiger charge is -2.36. The van der Waals surface area contributed by atoms with Crippen molar-refractivity contribution in [2.24, 2.45) is 0 Å². The zero-order valence-electron chi connectivity index (χ0n) is 10.9. The lowest BCUT2D eigenvalue weighted by atomic mass is 10.1. The number of morpholine rings is 1. The highest BCUT2D eigenvalue weighted by atomic mass is 35.5. The van der Waals surface area contributed by atoms with Crippen LogP contribution in [0.5, 0.6) is 0 Å². The number of aromatic nitrogens is 1. The van der Waals surface area contributed by atoms with Crippen molar-refractivity contribution < 1.29 is 4.74 Å². The van der Waals surface area contributed by atoms with Crippen molar-refractivity contribution in [1.82, 2.24) is 10.3 Å². The number of ether oxygens (including phenoxy) is 1. The van der Waals surface area contributed by atoms with E-state index in [1.807, 2.05) is 7.05 Å². The molecule has 0 bridgehead atoms. The first kappa shape index (κ1) is 13.6. The number of hydrogen-bond donors (Lipinski definition) is 1. The van der Waals surface area contributed by atoms with Gasteiger partial charge in [0.1, 0.15) is 5.82 Å². The van der Waals surface area contributed by atoms with Crippen molar-refractivity contribution in [2.75, 3.05) is 31.7 Å². The fraction of sp³-hybridized carbons (Fsp3) is 0.615. The second kappa shape index (κ2) is 6.36. The van der Waals surface area contributed by atoms with Gasteiger partial charge in [-0.3, -0.25) is 0 Å². The van der Waals surface area contributed by atoms with Gasteiger partial charge in [-0.1, -0.05) is 18.5 Å². The highest BCUT2D eigenvalue weighted by molar-refractivity contribution is 6.31. The van der Waals surface area contributed by atoms with E-state index in [1.54, 1.807) is 6.20 Å². The predicted octanol–water partition coefficient (Wildman–Crippen LogP) is 2.07. The van der Waals surface area contributed by atoms with E-state index in [0.717, 1.165) is 49.1 Å². The summed E-state index contributed by atoms with van der Waals surface area (Å²) in [5.74, 6) is 1.000. The summed E-state index contributed by atoms with van der Waals surface area (Å²) in [5, 5.41) is 3.84. The monoisotopic (exact) mass is 269 g/mol. The van der Waals surface area contributed by atoms with Crippen LogP contribution in [0.25, 0.3) is 0 Å². The zero-order chi connectivity index (χ0) is 13.0. The molecule has 0 saturated carbocycles. The number of nitrogens with zero attached hydrogens (tertiary/aromatic N) is 2. The minimum atomic E-state index is 0.412. The van der Waals surface area contributed by atoms with Gasteiger partial charge in [0.25, 0.3) is 0 Å². The second-order valence-corrected chi connectivity index (χ2v) is 4.90. The standard InChI is InChI=1S/C13H20ClN3O/c1-3-11-9-18-5-4-17(11)13-6-10(7-15-2)12(14)8-16-13/h6,8,11,15H,3-5,7,9H2,1-2H3. The Morgan fingerprint density at radius 1 is 1.61 bits per heavy atom. The summed E-state index contributed by atoms with van der Waals surface area (Å²) >= 11 is 6.14. The predicted molar refractivity (Wildman–Crippen MR) is 74.3 cm³/mol. The molecule has 1 aromatic rings. The Hall–Kier alpha value is -0.840. The van der Waals surface area contributed by atoms with Crippen LogP contribution in [0, 0.1) is 0 Å². The molecule has 0 amide bonds. The number of halogens is 1. The van der Waals surface area contributed by atoms with E-state index in [4.69, 9.17) is 16.3 Å². The van der Waals surface area contributed by atoms with Crippen LogP contribution >= 0.6 is 11.6 Å². The molecule has 1 fully saturated rings. The van der Waals surface area contributed by atoms with Crippen molar-refractivity contribution >= 4 is 17.4 Å². The molecule has 1 aliphatic heterocycles. The normalized spacial score (nSPS) is 20.2. The van der Waals surface area contributed by atoms with Crippen LogP contribution in [-0.4, -0.2) is 37.8 Å². The van der Waals surface area contributed by atoms with Crippen molar-refractivity contribution in [3.8, 4) is 0 Å². The Kier molecular flexibility index (Phi) is 4.80. The summed E-state index contributed by atoms with van der Waals surface area (Å²) in [7, 11) is 1.92. The van der Waals surface area contributed by atoms with Crippen LogP contribution in [0.3, 0.4) is 0 Å². The highest BCUT2D eigenvalue weighted by Gasteiger charge is 2.23. The largest absolute Gasteiger partial charge is 0.377 e. The number of nitrogens with one attached hydrogen (secondary N) is 1. The third kappa shape index (κ3) is 2.94.